The summed E-state index contributed by atoms with van der Waals surface area (Å²) in [4.78, 5) is 11.0. The third-order valence-corrected chi connectivity index (χ3v) is 1.96. The second kappa shape index (κ2) is 10.3. The Morgan fingerprint density at radius 1 is 1.25 bits per heavy atom. The highest BCUT2D eigenvalue weighted by Gasteiger charge is 2.01. The predicted octanol–water partition coefficient (Wildman–Crippen LogP) is 3.56. The topological polar surface area (TPSA) is 35.5 Å². The van der Waals surface area contributed by atoms with Crippen molar-refractivity contribution in [3.8, 4) is 0 Å². The van der Waals surface area contributed by atoms with E-state index in [4.69, 9.17) is 9.47 Å². The summed E-state index contributed by atoms with van der Waals surface area (Å²) in [6.07, 6.45) is 7.53. The molecule has 0 amide bonds. The van der Waals surface area contributed by atoms with Crippen molar-refractivity contribution in [2.75, 3.05) is 6.61 Å². The van der Waals surface area contributed by atoms with E-state index in [1.807, 2.05) is 19.9 Å². The largest absolute Gasteiger partial charge is 0.470 e. The number of allylic oxidation sites excluding steroid dienone is 2. The van der Waals surface area contributed by atoms with E-state index in [-0.39, 0.29) is 5.97 Å². The Morgan fingerprint density at radius 2 is 1.94 bits per heavy atom. The van der Waals surface area contributed by atoms with E-state index < -0.39 is 0 Å². The van der Waals surface area contributed by atoms with Gasteiger partial charge in [0.25, 0.3) is 0 Å². The minimum atomic E-state index is -0.125. The molecule has 0 aliphatic rings. The zero-order valence-corrected chi connectivity index (χ0v) is 10.3. The van der Waals surface area contributed by atoms with Crippen molar-refractivity contribution >= 4 is 5.97 Å². The van der Waals surface area contributed by atoms with Gasteiger partial charge in [-0.05, 0) is 32.3 Å². The highest BCUT2D eigenvalue weighted by Crippen LogP contribution is 2.09. The molecular weight excluding hydrogens is 204 g/mol. The number of carbonyl (C=O) groups is 1. The molecular formula is C13H22O3. The maximum Gasteiger partial charge on any atom is 0.305 e. The van der Waals surface area contributed by atoms with Crippen LogP contribution in [0.15, 0.2) is 24.7 Å². The van der Waals surface area contributed by atoms with Crippen LogP contribution in [-0.2, 0) is 14.3 Å². The fraction of sp³-hybridized carbons (Fsp3) is 0.615. The standard InChI is InChI=1S/C13H22O3/c1-4-6-11-16-12(3)9-7-8-10-13(14)15-5-2/h6,11H,3-5,7-10H2,1-2H3/b11-6-. The molecule has 0 unspecified atom stereocenters. The Balaban J connectivity index is 3.40. The fourth-order valence-electron chi connectivity index (χ4n) is 1.12. The van der Waals surface area contributed by atoms with E-state index in [2.05, 4.69) is 6.58 Å². The summed E-state index contributed by atoms with van der Waals surface area (Å²) in [6.45, 7) is 8.10. The first-order chi connectivity index (χ1) is 7.70. The molecule has 0 aromatic rings. The fourth-order valence-corrected chi connectivity index (χ4v) is 1.12. The molecule has 0 N–H and O–H groups in total. The average Bonchev–Trinajstić information content (AvgIpc) is 2.25. The number of hydrogen-bond donors (Lipinski definition) is 0. The number of hydrogen-bond acceptors (Lipinski definition) is 3. The molecule has 3 heteroatoms. The molecule has 0 radical (unpaired) electrons. The normalized spacial score (nSPS) is 10.4. The van der Waals surface area contributed by atoms with Crippen molar-refractivity contribution in [3.63, 3.8) is 0 Å². The summed E-state index contributed by atoms with van der Waals surface area (Å²) in [5, 5.41) is 0. The molecule has 0 aliphatic heterocycles. The summed E-state index contributed by atoms with van der Waals surface area (Å²) < 4.78 is 10.1. The first-order valence-corrected chi connectivity index (χ1v) is 5.85. The van der Waals surface area contributed by atoms with Gasteiger partial charge in [0.05, 0.1) is 18.6 Å². The van der Waals surface area contributed by atoms with Crippen LogP contribution in [0.2, 0.25) is 0 Å². The summed E-state index contributed by atoms with van der Waals surface area (Å²) in [7, 11) is 0. The lowest BCUT2D eigenvalue weighted by molar-refractivity contribution is -0.143. The van der Waals surface area contributed by atoms with Crippen LogP contribution >= 0.6 is 0 Å². The maximum atomic E-state index is 11.0. The van der Waals surface area contributed by atoms with Gasteiger partial charge in [-0.3, -0.25) is 4.79 Å². The smallest absolute Gasteiger partial charge is 0.305 e. The van der Waals surface area contributed by atoms with Crippen LogP contribution in [0, 0.1) is 0 Å². The van der Waals surface area contributed by atoms with Gasteiger partial charge in [0.15, 0.2) is 0 Å². The molecule has 3 nitrogen and oxygen atoms in total. The lowest BCUT2D eigenvalue weighted by Gasteiger charge is -2.04. The Labute approximate surface area is 98.1 Å². The SMILES string of the molecule is C=C(CCCCC(=O)OCC)O/C=C\CC. The summed E-state index contributed by atoms with van der Waals surface area (Å²) in [6, 6.07) is 0. The van der Waals surface area contributed by atoms with Crippen molar-refractivity contribution in [2.45, 2.75) is 46.0 Å². The Morgan fingerprint density at radius 3 is 2.56 bits per heavy atom. The number of carbonyl (C=O) groups excluding carboxylic acids is 1. The van der Waals surface area contributed by atoms with Crippen molar-refractivity contribution < 1.29 is 14.3 Å². The van der Waals surface area contributed by atoms with Crippen LogP contribution in [0.5, 0.6) is 0 Å². The average molecular weight is 226 g/mol. The van der Waals surface area contributed by atoms with Crippen molar-refractivity contribution in [3.05, 3.63) is 24.7 Å². The molecule has 0 heterocycles. The van der Waals surface area contributed by atoms with Crippen LogP contribution in [0.1, 0.15) is 46.0 Å². The Hall–Kier alpha value is -1.25. The molecule has 0 spiro atoms. The van der Waals surface area contributed by atoms with Crippen LogP contribution in [-0.4, -0.2) is 12.6 Å². The summed E-state index contributed by atoms with van der Waals surface area (Å²) in [5.74, 6) is 0.619. The highest BCUT2D eigenvalue weighted by atomic mass is 16.5. The molecule has 0 rings (SSSR count). The van der Waals surface area contributed by atoms with E-state index in [0.29, 0.717) is 13.0 Å². The molecule has 92 valence electrons. The van der Waals surface area contributed by atoms with Crippen LogP contribution in [0.3, 0.4) is 0 Å². The molecule has 0 fully saturated rings. The monoisotopic (exact) mass is 226 g/mol. The first kappa shape index (κ1) is 14.8. The van der Waals surface area contributed by atoms with E-state index in [0.717, 1.165) is 31.4 Å². The lowest BCUT2D eigenvalue weighted by atomic mass is 10.2. The third kappa shape index (κ3) is 9.31. The molecule has 0 aromatic carbocycles. The van der Waals surface area contributed by atoms with Gasteiger partial charge < -0.3 is 9.47 Å². The summed E-state index contributed by atoms with van der Waals surface area (Å²) in [5.41, 5.74) is 0. The molecule has 0 saturated carbocycles. The molecule has 0 aromatic heterocycles. The minimum absolute atomic E-state index is 0.125. The first-order valence-electron chi connectivity index (χ1n) is 5.85. The number of rotatable bonds is 9. The van der Waals surface area contributed by atoms with Crippen LogP contribution < -0.4 is 0 Å². The van der Waals surface area contributed by atoms with Gasteiger partial charge in [-0.15, -0.1) is 0 Å². The van der Waals surface area contributed by atoms with Crippen LogP contribution in [0.25, 0.3) is 0 Å². The molecule has 0 saturated heterocycles. The molecule has 0 bridgehead atoms. The number of unbranched alkanes of at least 4 members (excludes halogenated alkanes) is 1. The van der Waals surface area contributed by atoms with E-state index in [9.17, 15) is 4.79 Å². The second-order valence-electron chi connectivity index (χ2n) is 3.45. The van der Waals surface area contributed by atoms with Gasteiger partial charge in [0.2, 0.25) is 0 Å². The molecule has 16 heavy (non-hydrogen) atoms. The van der Waals surface area contributed by atoms with E-state index >= 15 is 0 Å². The van der Waals surface area contributed by atoms with Crippen molar-refractivity contribution in [1.29, 1.82) is 0 Å². The zero-order valence-electron chi connectivity index (χ0n) is 10.3. The minimum Gasteiger partial charge on any atom is -0.470 e. The van der Waals surface area contributed by atoms with E-state index in [1.165, 1.54) is 0 Å². The molecule has 0 aliphatic carbocycles. The Kier molecular flexibility index (Phi) is 9.47. The van der Waals surface area contributed by atoms with Gasteiger partial charge in [-0.1, -0.05) is 13.5 Å². The highest BCUT2D eigenvalue weighted by molar-refractivity contribution is 5.69. The van der Waals surface area contributed by atoms with E-state index in [1.54, 1.807) is 6.26 Å². The zero-order chi connectivity index (χ0) is 12.2. The predicted molar refractivity (Wildman–Crippen MR) is 64.8 cm³/mol. The number of esters is 1. The lowest BCUT2D eigenvalue weighted by Crippen LogP contribution is -2.03. The quantitative estimate of drug-likeness (QED) is 0.342. The van der Waals surface area contributed by atoms with Crippen molar-refractivity contribution in [1.82, 2.24) is 0 Å². The Bertz CT molecular complexity index is 231. The van der Waals surface area contributed by atoms with Gasteiger partial charge in [-0.25, -0.2) is 0 Å². The van der Waals surface area contributed by atoms with Gasteiger partial charge in [0, 0.05) is 12.8 Å². The van der Waals surface area contributed by atoms with Crippen LogP contribution in [0.4, 0.5) is 0 Å². The van der Waals surface area contributed by atoms with Gasteiger partial charge in [0.1, 0.15) is 0 Å². The van der Waals surface area contributed by atoms with Gasteiger partial charge >= 0.3 is 5.97 Å². The number of ether oxygens (including phenoxy) is 2. The van der Waals surface area contributed by atoms with Crippen molar-refractivity contribution in [2.24, 2.45) is 0 Å². The third-order valence-electron chi connectivity index (χ3n) is 1.96. The molecule has 0 atom stereocenters. The van der Waals surface area contributed by atoms with Gasteiger partial charge in [-0.2, -0.15) is 0 Å². The second-order valence-corrected chi connectivity index (χ2v) is 3.45. The maximum absolute atomic E-state index is 11.0. The summed E-state index contributed by atoms with van der Waals surface area (Å²) >= 11 is 0.